The number of nitrogens with zero attached hydrogens (tertiary/aromatic N) is 3. The summed E-state index contributed by atoms with van der Waals surface area (Å²) in [6, 6.07) is 14.8. The lowest BCUT2D eigenvalue weighted by molar-refractivity contribution is 0.0939. The van der Waals surface area contributed by atoms with Crippen LogP contribution in [0.5, 0.6) is 0 Å². The van der Waals surface area contributed by atoms with Gasteiger partial charge in [-0.1, -0.05) is 18.2 Å². The first-order valence-corrected chi connectivity index (χ1v) is 8.52. The number of aromatic nitrogens is 3. The topological polar surface area (TPSA) is 86.1 Å². The van der Waals surface area contributed by atoms with E-state index in [1.807, 2.05) is 44.2 Å². The van der Waals surface area contributed by atoms with Crippen LogP contribution in [0.2, 0.25) is 0 Å². The molecule has 0 unspecified atom stereocenters. The van der Waals surface area contributed by atoms with Crippen LogP contribution in [-0.4, -0.2) is 20.7 Å². The van der Waals surface area contributed by atoms with Gasteiger partial charge in [0.1, 0.15) is 17.1 Å². The number of aryl methyl sites for hydroxylation is 2. The summed E-state index contributed by atoms with van der Waals surface area (Å²) in [5.41, 5.74) is 2.57. The summed E-state index contributed by atoms with van der Waals surface area (Å²) in [5.74, 6) is 1.53. The minimum Gasteiger partial charge on any atom is -0.463 e. The monoisotopic (exact) mass is 362 g/mol. The molecule has 4 aromatic rings. The number of amides is 1. The molecule has 27 heavy (non-hydrogen) atoms. The van der Waals surface area contributed by atoms with Crippen LogP contribution in [0, 0.1) is 13.8 Å². The second-order valence-corrected chi connectivity index (χ2v) is 6.07. The van der Waals surface area contributed by atoms with E-state index in [0.29, 0.717) is 23.0 Å². The van der Waals surface area contributed by atoms with Gasteiger partial charge in [-0.05, 0) is 38.1 Å². The fraction of sp³-hybridized carbons (Fsp3) is 0.150. The van der Waals surface area contributed by atoms with Gasteiger partial charge in [0.05, 0.1) is 24.2 Å². The summed E-state index contributed by atoms with van der Waals surface area (Å²) in [6.07, 6.45) is 1.57. The van der Waals surface area contributed by atoms with E-state index < -0.39 is 0 Å². The molecule has 0 aliphatic rings. The summed E-state index contributed by atoms with van der Waals surface area (Å²) in [6.45, 7) is 3.90. The van der Waals surface area contributed by atoms with Crippen LogP contribution in [-0.2, 0) is 6.54 Å². The molecule has 7 heteroatoms. The largest absolute Gasteiger partial charge is 0.463 e. The molecule has 3 heterocycles. The lowest BCUT2D eigenvalue weighted by Crippen LogP contribution is -2.25. The van der Waals surface area contributed by atoms with Crippen LogP contribution in [0.25, 0.3) is 17.1 Å². The van der Waals surface area contributed by atoms with Gasteiger partial charge in [-0.15, -0.1) is 0 Å². The summed E-state index contributed by atoms with van der Waals surface area (Å²) in [7, 11) is 0. The first-order chi connectivity index (χ1) is 13.1. The van der Waals surface area contributed by atoms with Gasteiger partial charge in [0.15, 0.2) is 5.76 Å². The van der Waals surface area contributed by atoms with Gasteiger partial charge in [-0.3, -0.25) is 4.79 Å². The van der Waals surface area contributed by atoms with Crippen molar-refractivity contribution in [1.29, 1.82) is 0 Å². The van der Waals surface area contributed by atoms with Gasteiger partial charge < -0.3 is 14.2 Å². The normalized spacial score (nSPS) is 10.9. The molecule has 1 aromatic carbocycles. The Morgan fingerprint density at radius 2 is 1.96 bits per heavy atom. The highest BCUT2D eigenvalue weighted by Gasteiger charge is 2.19. The fourth-order valence-electron chi connectivity index (χ4n) is 2.71. The number of rotatable bonds is 5. The summed E-state index contributed by atoms with van der Waals surface area (Å²) in [5, 5.41) is 7.38. The zero-order valence-electron chi connectivity index (χ0n) is 15.0. The van der Waals surface area contributed by atoms with Crippen LogP contribution < -0.4 is 5.32 Å². The number of oxazole rings is 1. The van der Waals surface area contributed by atoms with Gasteiger partial charge in [0.2, 0.25) is 5.89 Å². The molecule has 0 bridgehead atoms. The van der Waals surface area contributed by atoms with Crippen molar-refractivity contribution in [2.24, 2.45) is 0 Å². The second-order valence-electron chi connectivity index (χ2n) is 6.07. The number of hydrogen-bond donors (Lipinski definition) is 1. The standard InChI is InChI=1S/C20H18N4O3/c1-13-14(2)27-19(22-13)12-21-20(25)17-11-16(18-9-6-10-26-18)23-24(17)15-7-4-3-5-8-15/h3-11H,12H2,1-2H3,(H,21,25). The smallest absolute Gasteiger partial charge is 0.270 e. The Morgan fingerprint density at radius 1 is 1.15 bits per heavy atom. The van der Waals surface area contributed by atoms with Crippen molar-refractivity contribution in [3.05, 3.63) is 77.8 Å². The Balaban J connectivity index is 1.64. The van der Waals surface area contributed by atoms with Crippen molar-refractivity contribution in [2.75, 3.05) is 0 Å². The molecule has 0 aliphatic carbocycles. The average Bonchev–Trinajstić information content (AvgIpc) is 3.41. The zero-order chi connectivity index (χ0) is 18.8. The van der Waals surface area contributed by atoms with Gasteiger partial charge in [0.25, 0.3) is 5.91 Å². The molecule has 0 fully saturated rings. The molecule has 4 rings (SSSR count). The van der Waals surface area contributed by atoms with E-state index in [-0.39, 0.29) is 12.5 Å². The Morgan fingerprint density at radius 3 is 2.63 bits per heavy atom. The molecule has 0 spiro atoms. The number of carbonyl (C=O) groups is 1. The van der Waals surface area contributed by atoms with Crippen molar-refractivity contribution >= 4 is 5.91 Å². The van der Waals surface area contributed by atoms with Crippen LogP contribution in [0.4, 0.5) is 0 Å². The van der Waals surface area contributed by atoms with Crippen molar-refractivity contribution in [3.8, 4) is 17.1 Å². The van der Waals surface area contributed by atoms with Gasteiger partial charge in [0, 0.05) is 6.07 Å². The van der Waals surface area contributed by atoms with Crippen molar-refractivity contribution in [2.45, 2.75) is 20.4 Å². The molecule has 0 aliphatic heterocycles. The number of nitrogens with one attached hydrogen (secondary N) is 1. The molecule has 136 valence electrons. The number of hydrogen-bond acceptors (Lipinski definition) is 5. The van der Waals surface area contributed by atoms with Crippen LogP contribution in [0.1, 0.15) is 27.8 Å². The lowest BCUT2D eigenvalue weighted by atomic mass is 10.2. The summed E-state index contributed by atoms with van der Waals surface area (Å²) < 4.78 is 12.5. The van der Waals surface area contributed by atoms with E-state index in [9.17, 15) is 4.79 Å². The zero-order valence-corrected chi connectivity index (χ0v) is 15.0. The average molecular weight is 362 g/mol. The Kier molecular flexibility index (Phi) is 4.33. The van der Waals surface area contributed by atoms with E-state index in [1.165, 1.54) is 0 Å². The maximum Gasteiger partial charge on any atom is 0.270 e. The number of benzene rings is 1. The van der Waals surface area contributed by atoms with Gasteiger partial charge in [-0.25, -0.2) is 9.67 Å². The molecule has 0 saturated carbocycles. The van der Waals surface area contributed by atoms with E-state index in [2.05, 4.69) is 15.4 Å². The predicted octanol–water partition coefficient (Wildman–Crippen LogP) is 3.67. The van der Waals surface area contributed by atoms with E-state index in [0.717, 1.165) is 17.1 Å². The number of furan rings is 1. The first kappa shape index (κ1) is 16.8. The Bertz CT molecular complexity index is 1040. The van der Waals surface area contributed by atoms with E-state index >= 15 is 0 Å². The molecule has 1 N–H and O–H groups in total. The van der Waals surface area contributed by atoms with Crippen LogP contribution in [0.15, 0.2) is 63.6 Å². The molecular formula is C20H18N4O3. The van der Waals surface area contributed by atoms with Crippen LogP contribution in [0.3, 0.4) is 0 Å². The fourth-order valence-corrected chi connectivity index (χ4v) is 2.71. The highest BCUT2D eigenvalue weighted by molar-refractivity contribution is 5.94. The maximum atomic E-state index is 12.8. The van der Waals surface area contributed by atoms with E-state index in [4.69, 9.17) is 8.83 Å². The highest BCUT2D eigenvalue weighted by Crippen LogP contribution is 2.22. The lowest BCUT2D eigenvalue weighted by Gasteiger charge is -2.07. The van der Waals surface area contributed by atoms with Crippen molar-refractivity contribution in [3.63, 3.8) is 0 Å². The Labute approximate surface area is 155 Å². The summed E-state index contributed by atoms with van der Waals surface area (Å²) >= 11 is 0. The quantitative estimate of drug-likeness (QED) is 0.585. The van der Waals surface area contributed by atoms with Crippen molar-refractivity contribution < 1.29 is 13.6 Å². The second kappa shape index (κ2) is 6.95. The maximum absolute atomic E-state index is 12.8. The molecule has 0 saturated heterocycles. The molecule has 0 atom stereocenters. The molecule has 3 aromatic heterocycles. The SMILES string of the molecule is Cc1nc(CNC(=O)c2cc(-c3ccco3)nn2-c2ccccc2)oc1C. The highest BCUT2D eigenvalue weighted by atomic mass is 16.4. The Hall–Kier alpha value is -3.61. The third kappa shape index (κ3) is 3.39. The van der Waals surface area contributed by atoms with Gasteiger partial charge >= 0.3 is 0 Å². The molecule has 1 amide bonds. The summed E-state index contributed by atoms with van der Waals surface area (Å²) in [4.78, 5) is 17.1. The first-order valence-electron chi connectivity index (χ1n) is 8.52. The molecule has 0 radical (unpaired) electrons. The van der Waals surface area contributed by atoms with Crippen molar-refractivity contribution in [1.82, 2.24) is 20.1 Å². The van der Waals surface area contributed by atoms with E-state index in [1.54, 1.807) is 29.1 Å². The number of carbonyl (C=O) groups excluding carboxylic acids is 1. The molecule has 7 nitrogen and oxygen atoms in total. The molecular weight excluding hydrogens is 344 g/mol. The van der Waals surface area contributed by atoms with Gasteiger partial charge in [-0.2, -0.15) is 5.10 Å². The minimum absolute atomic E-state index is 0.198. The third-order valence-corrected chi connectivity index (χ3v) is 4.19. The third-order valence-electron chi connectivity index (χ3n) is 4.19. The van der Waals surface area contributed by atoms with Crippen LogP contribution >= 0.6 is 0 Å². The predicted molar refractivity (Wildman–Crippen MR) is 98.4 cm³/mol. The number of para-hydroxylation sites is 1. The minimum atomic E-state index is -0.280.